The summed E-state index contributed by atoms with van der Waals surface area (Å²) in [5, 5.41) is 12.3. The Balaban J connectivity index is 1.97. The zero-order valence-electron chi connectivity index (χ0n) is 15.8. The molecule has 1 N–H and O–H groups in total. The fraction of sp³-hybridized carbons (Fsp3) is 0.273. The van der Waals surface area contributed by atoms with Crippen LogP contribution in [0, 0.1) is 0 Å². The van der Waals surface area contributed by atoms with Crippen molar-refractivity contribution in [3.8, 4) is 0 Å². The number of imidazole rings is 1. The summed E-state index contributed by atoms with van der Waals surface area (Å²) >= 11 is 7.92. The fourth-order valence-corrected chi connectivity index (χ4v) is 3.95. The van der Waals surface area contributed by atoms with E-state index >= 15 is 0 Å². The molecule has 3 aromatic rings. The van der Waals surface area contributed by atoms with Crippen LogP contribution in [0.4, 0.5) is 0 Å². The summed E-state index contributed by atoms with van der Waals surface area (Å²) in [6, 6.07) is 11.6. The van der Waals surface area contributed by atoms with E-state index in [9.17, 15) is 9.90 Å². The third-order valence-corrected chi connectivity index (χ3v) is 5.80. The molecule has 0 bridgehead atoms. The molecule has 0 spiro atoms. The molecule has 2 aromatic heterocycles. The van der Waals surface area contributed by atoms with Gasteiger partial charge in [-0.2, -0.15) is 0 Å². The Hall–Kier alpha value is -2.37. The smallest absolute Gasteiger partial charge is 0.332 e. The lowest BCUT2D eigenvalue weighted by Crippen LogP contribution is -2.09. The normalized spacial score (nSPS) is 11.7. The number of carboxylic acids is 1. The Kier molecular flexibility index (Phi) is 7.06. The summed E-state index contributed by atoms with van der Waals surface area (Å²) in [5.74, 6) is 0.0443. The van der Waals surface area contributed by atoms with Gasteiger partial charge in [0.05, 0.1) is 18.4 Å². The molecule has 28 heavy (non-hydrogen) atoms. The largest absolute Gasteiger partial charge is 0.478 e. The number of unbranched alkanes of at least 4 members (excludes halogenated alkanes) is 1. The van der Waals surface area contributed by atoms with Crippen molar-refractivity contribution in [2.75, 3.05) is 0 Å². The topological polar surface area (TPSA) is 55.1 Å². The molecule has 0 radical (unpaired) electrons. The number of thiophene rings is 1. The van der Waals surface area contributed by atoms with E-state index in [2.05, 4.69) is 16.5 Å². The third-order valence-electron chi connectivity index (χ3n) is 4.55. The SMILES string of the molecule is CCCCc1ncc(/C=C(\Cc2cccs2)C(=O)O)n1Cc1ccccc1Cl. The zero-order chi connectivity index (χ0) is 19.9. The first-order valence-corrected chi connectivity index (χ1v) is 10.6. The maximum atomic E-state index is 11.8. The Morgan fingerprint density at radius 3 is 2.79 bits per heavy atom. The summed E-state index contributed by atoms with van der Waals surface area (Å²) in [6.45, 7) is 2.71. The molecule has 6 heteroatoms. The van der Waals surface area contributed by atoms with E-state index in [1.165, 1.54) is 0 Å². The van der Waals surface area contributed by atoms with Crippen molar-refractivity contribution in [3.63, 3.8) is 0 Å². The number of carbonyl (C=O) groups is 1. The van der Waals surface area contributed by atoms with Gasteiger partial charge in [-0.25, -0.2) is 9.78 Å². The molecule has 0 atom stereocenters. The van der Waals surface area contributed by atoms with Crippen LogP contribution in [-0.4, -0.2) is 20.6 Å². The first-order valence-electron chi connectivity index (χ1n) is 9.32. The van der Waals surface area contributed by atoms with Crippen LogP contribution in [0.25, 0.3) is 6.08 Å². The first kappa shape index (κ1) is 20.4. The Labute approximate surface area is 174 Å². The summed E-state index contributed by atoms with van der Waals surface area (Å²) in [5.41, 5.74) is 2.13. The van der Waals surface area contributed by atoms with Crippen LogP contribution in [0.2, 0.25) is 5.02 Å². The highest BCUT2D eigenvalue weighted by atomic mass is 35.5. The molecule has 4 nitrogen and oxygen atoms in total. The van der Waals surface area contributed by atoms with Crippen LogP contribution in [-0.2, 0) is 24.2 Å². The number of rotatable bonds is 9. The molecule has 3 rings (SSSR count). The summed E-state index contributed by atoms with van der Waals surface area (Å²) in [6.07, 6.45) is 6.85. The maximum absolute atomic E-state index is 11.8. The van der Waals surface area contributed by atoms with E-state index in [4.69, 9.17) is 11.6 Å². The van der Waals surface area contributed by atoms with E-state index in [0.717, 1.165) is 41.2 Å². The molecular formula is C22H23ClN2O2S. The van der Waals surface area contributed by atoms with Crippen LogP contribution in [0.1, 0.15) is 41.7 Å². The van der Waals surface area contributed by atoms with Gasteiger partial charge < -0.3 is 9.67 Å². The summed E-state index contributed by atoms with van der Waals surface area (Å²) in [4.78, 5) is 17.4. The molecular weight excluding hydrogens is 392 g/mol. The van der Waals surface area contributed by atoms with Gasteiger partial charge in [-0.15, -0.1) is 11.3 Å². The van der Waals surface area contributed by atoms with Gasteiger partial charge in [0.15, 0.2) is 0 Å². The Morgan fingerprint density at radius 2 is 2.11 bits per heavy atom. The highest BCUT2D eigenvalue weighted by molar-refractivity contribution is 7.09. The Morgan fingerprint density at radius 1 is 1.29 bits per heavy atom. The molecule has 0 aliphatic heterocycles. The quantitative estimate of drug-likeness (QED) is 0.457. The van der Waals surface area contributed by atoms with Gasteiger partial charge in [-0.05, 0) is 35.6 Å². The van der Waals surface area contributed by atoms with Crippen molar-refractivity contribution < 1.29 is 9.90 Å². The number of hydrogen-bond acceptors (Lipinski definition) is 3. The standard InChI is InChI=1S/C22H23ClN2O2S/c1-2-3-10-21-24-14-18(25(21)15-16-7-4-5-9-20(16)23)12-17(22(26)27)13-19-8-6-11-28-19/h4-9,11-12,14H,2-3,10,13,15H2,1H3,(H,26,27)/b17-12+. The number of benzene rings is 1. The van der Waals surface area contributed by atoms with Gasteiger partial charge in [0.2, 0.25) is 0 Å². The van der Waals surface area contributed by atoms with E-state index in [1.54, 1.807) is 23.6 Å². The number of aromatic nitrogens is 2. The second kappa shape index (κ2) is 9.71. The van der Waals surface area contributed by atoms with Crippen LogP contribution >= 0.6 is 22.9 Å². The minimum atomic E-state index is -0.908. The molecule has 146 valence electrons. The van der Waals surface area contributed by atoms with E-state index in [-0.39, 0.29) is 0 Å². The average Bonchev–Trinajstić information content (AvgIpc) is 3.32. The van der Waals surface area contributed by atoms with Crippen molar-refractivity contribution in [3.05, 3.63) is 80.5 Å². The molecule has 0 unspecified atom stereocenters. The van der Waals surface area contributed by atoms with Crippen molar-refractivity contribution in [1.29, 1.82) is 0 Å². The molecule has 0 aliphatic carbocycles. The van der Waals surface area contributed by atoms with Gasteiger partial charge in [-0.1, -0.05) is 49.2 Å². The molecule has 0 aliphatic rings. The molecule has 1 aromatic carbocycles. The van der Waals surface area contributed by atoms with Gasteiger partial charge in [0, 0.05) is 28.3 Å². The average molecular weight is 415 g/mol. The highest BCUT2D eigenvalue weighted by Crippen LogP contribution is 2.22. The van der Waals surface area contributed by atoms with E-state index < -0.39 is 5.97 Å². The first-order chi connectivity index (χ1) is 13.6. The van der Waals surface area contributed by atoms with Crippen LogP contribution in [0.5, 0.6) is 0 Å². The number of aliphatic carboxylic acids is 1. The lowest BCUT2D eigenvalue weighted by Gasteiger charge is -2.12. The molecule has 0 amide bonds. The van der Waals surface area contributed by atoms with Gasteiger partial charge in [0.1, 0.15) is 5.82 Å². The predicted octanol–water partition coefficient (Wildman–Crippen LogP) is 5.70. The number of halogens is 1. The monoisotopic (exact) mass is 414 g/mol. The minimum Gasteiger partial charge on any atom is -0.478 e. The summed E-state index contributed by atoms with van der Waals surface area (Å²) in [7, 11) is 0. The van der Waals surface area contributed by atoms with E-state index in [0.29, 0.717) is 23.6 Å². The van der Waals surface area contributed by atoms with Gasteiger partial charge >= 0.3 is 5.97 Å². The lowest BCUT2D eigenvalue weighted by molar-refractivity contribution is -0.132. The molecule has 0 saturated carbocycles. The lowest BCUT2D eigenvalue weighted by atomic mass is 10.1. The number of aryl methyl sites for hydroxylation is 1. The number of hydrogen-bond donors (Lipinski definition) is 1. The van der Waals surface area contributed by atoms with Gasteiger partial charge in [0.25, 0.3) is 0 Å². The second-order valence-corrected chi connectivity index (χ2v) is 8.05. The highest BCUT2D eigenvalue weighted by Gasteiger charge is 2.15. The van der Waals surface area contributed by atoms with Crippen molar-refractivity contribution >= 4 is 35.0 Å². The zero-order valence-corrected chi connectivity index (χ0v) is 17.3. The van der Waals surface area contributed by atoms with Crippen molar-refractivity contribution in [2.24, 2.45) is 0 Å². The minimum absolute atomic E-state index is 0.352. The number of carboxylic acid groups (broad SMARTS) is 1. The fourth-order valence-electron chi connectivity index (χ4n) is 3.03. The summed E-state index contributed by atoms with van der Waals surface area (Å²) < 4.78 is 2.08. The molecule has 0 saturated heterocycles. The second-order valence-electron chi connectivity index (χ2n) is 6.61. The van der Waals surface area contributed by atoms with Gasteiger partial charge in [-0.3, -0.25) is 0 Å². The molecule has 0 fully saturated rings. The third kappa shape index (κ3) is 5.12. The van der Waals surface area contributed by atoms with Crippen LogP contribution in [0.15, 0.2) is 53.5 Å². The van der Waals surface area contributed by atoms with Crippen molar-refractivity contribution in [2.45, 2.75) is 39.2 Å². The van der Waals surface area contributed by atoms with Crippen molar-refractivity contribution in [1.82, 2.24) is 9.55 Å². The maximum Gasteiger partial charge on any atom is 0.332 e. The predicted molar refractivity (Wildman–Crippen MR) is 115 cm³/mol. The van der Waals surface area contributed by atoms with E-state index in [1.807, 2.05) is 41.8 Å². The molecule has 2 heterocycles. The number of nitrogens with zero attached hydrogens (tertiary/aromatic N) is 2. The Bertz CT molecular complexity index is 961. The van der Waals surface area contributed by atoms with Crippen LogP contribution in [0.3, 0.4) is 0 Å². The van der Waals surface area contributed by atoms with Crippen LogP contribution < -0.4 is 0 Å².